The van der Waals surface area contributed by atoms with Crippen LogP contribution in [-0.2, 0) is 4.79 Å². The summed E-state index contributed by atoms with van der Waals surface area (Å²) in [7, 11) is 0. The molecule has 0 saturated heterocycles. The van der Waals surface area contributed by atoms with Gasteiger partial charge in [-0.2, -0.15) is 0 Å². The first kappa shape index (κ1) is 27.6. The van der Waals surface area contributed by atoms with E-state index in [0.717, 1.165) is 25.7 Å². The van der Waals surface area contributed by atoms with Crippen molar-refractivity contribution in [2.75, 3.05) is 0 Å². The second-order valence-corrected chi connectivity index (χ2v) is 11.4. The average molecular weight is 503 g/mol. The van der Waals surface area contributed by atoms with Gasteiger partial charge in [0, 0.05) is 11.8 Å². The lowest BCUT2D eigenvalue weighted by Crippen LogP contribution is -2.02. The molecule has 196 valence electrons. The summed E-state index contributed by atoms with van der Waals surface area (Å²) in [6, 6.07) is 30.2. The van der Waals surface area contributed by atoms with Crippen LogP contribution in [0.15, 0.2) is 109 Å². The van der Waals surface area contributed by atoms with Gasteiger partial charge in [0.2, 0.25) is 0 Å². The Kier molecular flexibility index (Phi) is 9.71. The second kappa shape index (κ2) is 13.4. The first-order valence-corrected chi connectivity index (χ1v) is 14.3. The van der Waals surface area contributed by atoms with Crippen molar-refractivity contribution in [1.82, 2.24) is 0 Å². The lowest BCUT2D eigenvalue weighted by molar-refractivity contribution is -0.110. The summed E-state index contributed by atoms with van der Waals surface area (Å²) in [6.07, 6.45) is 12.2. The Morgan fingerprint density at radius 2 is 0.947 bits per heavy atom. The van der Waals surface area contributed by atoms with Gasteiger partial charge in [-0.25, -0.2) is 0 Å². The van der Waals surface area contributed by atoms with Crippen molar-refractivity contribution < 1.29 is 4.79 Å². The second-order valence-electron chi connectivity index (χ2n) is 11.4. The van der Waals surface area contributed by atoms with Crippen LogP contribution in [0.4, 0.5) is 0 Å². The highest BCUT2D eigenvalue weighted by atomic mass is 16.1. The predicted octanol–water partition coefficient (Wildman–Crippen LogP) is 10.4. The number of hydrogen-bond acceptors (Lipinski definition) is 1. The van der Waals surface area contributed by atoms with Crippen LogP contribution in [0.25, 0.3) is 21.5 Å². The van der Waals surface area contributed by atoms with Crippen molar-refractivity contribution in [3.8, 4) is 0 Å². The summed E-state index contributed by atoms with van der Waals surface area (Å²) in [5.41, 5.74) is 2.62. The molecule has 0 N–H and O–H groups in total. The first-order valence-electron chi connectivity index (χ1n) is 14.3. The molecule has 1 heteroatoms. The van der Waals surface area contributed by atoms with Crippen molar-refractivity contribution in [3.05, 3.63) is 120 Å². The predicted molar refractivity (Wildman–Crippen MR) is 165 cm³/mol. The van der Waals surface area contributed by atoms with Crippen LogP contribution in [0.2, 0.25) is 0 Å². The standard InChI is InChI=1S/C37H42O/c1-27(2)19-21-31(36-17-9-13-29-11-5-7-15-34(29)36)23-25-33(38)26-24-32(22-20-28(3)4)37-18-10-14-30-12-6-8-16-35(30)37/h5-18,23-28,31-32H,19-22H2,1-4H3. The maximum atomic E-state index is 13.1. The molecular weight excluding hydrogens is 460 g/mol. The van der Waals surface area contributed by atoms with E-state index in [0.29, 0.717) is 11.8 Å². The van der Waals surface area contributed by atoms with Crippen LogP contribution in [0.5, 0.6) is 0 Å². The molecular formula is C37H42O. The van der Waals surface area contributed by atoms with Gasteiger partial charge in [-0.15, -0.1) is 0 Å². The first-order chi connectivity index (χ1) is 18.4. The number of fused-ring (bicyclic) bond motifs is 2. The van der Waals surface area contributed by atoms with E-state index in [9.17, 15) is 4.79 Å². The average Bonchev–Trinajstić information content (AvgIpc) is 2.92. The molecule has 0 spiro atoms. The lowest BCUT2D eigenvalue weighted by Gasteiger charge is -2.18. The number of carbonyl (C=O) groups excluding carboxylic acids is 1. The third-order valence-corrected chi connectivity index (χ3v) is 7.54. The van der Waals surface area contributed by atoms with Gasteiger partial charge in [0.15, 0.2) is 5.78 Å². The Labute approximate surface area is 229 Å². The molecule has 1 nitrogen and oxygen atoms in total. The van der Waals surface area contributed by atoms with Crippen molar-refractivity contribution in [1.29, 1.82) is 0 Å². The largest absolute Gasteiger partial charge is 0.290 e. The van der Waals surface area contributed by atoms with Crippen molar-refractivity contribution in [2.24, 2.45) is 11.8 Å². The Balaban J connectivity index is 1.58. The van der Waals surface area contributed by atoms with Crippen LogP contribution < -0.4 is 0 Å². The fourth-order valence-electron chi connectivity index (χ4n) is 5.36. The van der Waals surface area contributed by atoms with Gasteiger partial charge in [-0.1, -0.05) is 138 Å². The SMILES string of the molecule is CC(C)CCC(C=CC(=O)C=CC(CCC(C)C)c1cccc2ccccc12)c1cccc2ccccc12. The monoisotopic (exact) mass is 502 g/mol. The summed E-state index contributed by atoms with van der Waals surface area (Å²) in [4.78, 5) is 13.1. The summed E-state index contributed by atoms with van der Waals surface area (Å²) in [6.45, 7) is 9.06. The van der Waals surface area contributed by atoms with Crippen LogP contribution in [-0.4, -0.2) is 5.78 Å². The smallest absolute Gasteiger partial charge is 0.178 e. The summed E-state index contributed by atoms with van der Waals surface area (Å²) in [5.74, 6) is 1.75. The quantitative estimate of drug-likeness (QED) is 0.176. The zero-order valence-corrected chi connectivity index (χ0v) is 23.4. The van der Waals surface area contributed by atoms with Gasteiger partial charge in [0.1, 0.15) is 0 Å². The van der Waals surface area contributed by atoms with Crippen LogP contribution in [0, 0.1) is 11.8 Å². The fraction of sp³-hybridized carbons (Fsp3) is 0.324. The molecule has 2 atom stereocenters. The molecule has 0 aromatic heterocycles. The van der Waals surface area contributed by atoms with Crippen molar-refractivity contribution >= 4 is 27.3 Å². The molecule has 4 aromatic rings. The number of carbonyl (C=O) groups is 1. The molecule has 0 aliphatic carbocycles. The third kappa shape index (κ3) is 7.32. The van der Waals surface area contributed by atoms with Crippen LogP contribution >= 0.6 is 0 Å². The highest BCUT2D eigenvalue weighted by molar-refractivity contribution is 5.99. The normalized spacial score (nSPS) is 13.8. The minimum absolute atomic E-state index is 0.0644. The van der Waals surface area contributed by atoms with Gasteiger partial charge in [0.25, 0.3) is 0 Å². The molecule has 4 rings (SSSR count). The molecule has 0 aliphatic heterocycles. The molecule has 0 fully saturated rings. The van der Waals surface area contributed by atoms with Gasteiger partial charge in [-0.3, -0.25) is 4.79 Å². The fourth-order valence-corrected chi connectivity index (χ4v) is 5.36. The molecule has 0 heterocycles. The minimum Gasteiger partial charge on any atom is -0.290 e. The van der Waals surface area contributed by atoms with Crippen molar-refractivity contribution in [3.63, 3.8) is 0 Å². The Hall–Kier alpha value is -3.45. The van der Waals surface area contributed by atoms with E-state index in [1.165, 1.54) is 32.7 Å². The van der Waals surface area contributed by atoms with E-state index in [4.69, 9.17) is 0 Å². The summed E-state index contributed by atoms with van der Waals surface area (Å²) < 4.78 is 0. The number of ketones is 1. The molecule has 2 unspecified atom stereocenters. The third-order valence-electron chi connectivity index (χ3n) is 7.54. The zero-order valence-electron chi connectivity index (χ0n) is 23.4. The number of allylic oxidation sites excluding steroid dienone is 4. The molecule has 0 saturated carbocycles. The minimum atomic E-state index is 0.0644. The highest BCUT2D eigenvalue weighted by Gasteiger charge is 2.15. The topological polar surface area (TPSA) is 17.1 Å². The van der Waals surface area contributed by atoms with Crippen molar-refractivity contribution in [2.45, 2.75) is 65.2 Å². The Morgan fingerprint density at radius 3 is 1.37 bits per heavy atom. The maximum Gasteiger partial charge on any atom is 0.178 e. The molecule has 38 heavy (non-hydrogen) atoms. The van der Waals surface area contributed by atoms with E-state index < -0.39 is 0 Å². The zero-order chi connectivity index (χ0) is 26.9. The summed E-state index contributed by atoms with van der Waals surface area (Å²) in [5, 5.41) is 5.06. The van der Waals surface area contributed by atoms with Gasteiger partial charge in [-0.05, 0) is 69.5 Å². The molecule has 0 amide bonds. The van der Waals surface area contributed by atoms with E-state index >= 15 is 0 Å². The van der Waals surface area contributed by atoms with E-state index in [-0.39, 0.29) is 17.6 Å². The Morgan fingerprint density at radius 1 is 0.553 bits per heavy atom. The maximum absolute atomic E-state index is 13.1. The number of hydrogen-bond donors (Lipinski definition) is 0. The molecule has 0 radical (unpaired) electrons. The summed E-state index contributed by atoms with van der Waals surface area (Å²) >= 11 is 0. The van der Waals surface area contributed by atoms with Gasteiger partial charge in [0.05, 0.1) is 0 Å². The number of benzene rings is 4. The number of rotatable bonds is 12. The van der Waals surface area contributed by atoms with Crippen LogP contribution in [0.1, 0.15) is 76.3 Å². The molecule has 4 aromatic carbocycles. The van der Waals surface area contributed by atoms with E-state index in [2.05, 4.69) is 125 Å². The Bertz CT molecular complexity index is 1290. The van der Waals surface area contributed by atoms with Crippen LogP contribution in [0.3, 0.4) is 0 Å². The molecule has 0 aliphatic rings. The van der Waals surface area contributed by atoms with Gasteiger partial charge >= 0.3 is 0 Å². The highest BCUT2D eigenvalue weighted by Crippen LogP contribution is 2.32. The van der Waals surface area contributed by atoms with Gasteiger partial charge < -0.3 is 0 Å². The molecule has 0 bridgehead atoms. The van der Waals surface area contributed by atoms with E-state index in [1.54, 1.807) is 12.2 Å². The lowest BCUT2D eigenvalue weighted by atomic mass is 9.87. The van der Waals surface area contributed by atoms with E-state index in [1.807, 2.05) is 0 Å².